The zero-order chi connectivity index (χ0) is 14.5. The van der Waals surface area contributed by atoms with E-state index in [9.17, 15) is 4.39 Å². The maximum Gasteiger partial charge on any atom is 0.165 e. The second-order valence-corrected chi connectivity index (χ2v) is 5.43. The molecular weight excluding hydrogens is 255 g/mol. The van der Waals surface area contributed by atoms with Crippen molar-refractivity contribution in [2.24, 2.45) is 5.73 Å². The van der Waals surface area contributed by atoms with Crippen LogP contribution in [0.2, 0.25) is 0 Å². The first kappa shape index (κ1) is 15.3. The Bertz CT molecular complexity index is 438. The number of piperidine rings is 1. The molecule has 1 saturated heterocycles. The van der Waals surface area contributed by atoms with Crippen molar-refractivity contribution in [1.82, 2.24) is 4.90 Å². The minimum absolute atomic E-state index is 0.190. The molecule has 2 unspecified atom stereocenters. The van der Waals surface area contributed by atoms with Gasteiger partial charge in [0.25, 0.3) is 0 Å². The van der Waals surface area contributed by atoms with Crippen molar-refractivity contribution in [2.45, 2.75) is 38.1 Å². The lowest BCUT2D eigenvalue weighted by molar-refractivity contribution is 0.134. The molecule has 2 rings (SSSR count). The fourth-order valence-electron chi connectivity index (χ4n) is 3.29. The van der Waals surface area contributed by atoms with Gasteiger partial charge in [-0.15, -0.1) is 0 Å². The number of hydrogen-bond acceptors (Lipinski definition) is 3. The summed E-state index contributed by atoms with van der Waals surface area (Å²) in [5.41, 5.74) is 6.98. The van der Waals surface area contributed by atoms with E-state index in [0.29, 0.717) is 18.3 Å². The normalized spacial score (nSPS) is 21.7. The number of ether oxygens (including phenoxy) is 1. The molecule has 1 aromatic rings. The quantitative estimate of drug-likeness (QED) is 0.901. The van der Waals surface area contributed by atoms with Gasteiger partial charge in [-0.2, -0.15) is 0 Å². The standard InChI is InChI=1S/C16H25FN2O/c1-3-19-9-5-4-6-15(19)13(11-18)12-7-8-16(20-2)14(17)10-12/h7-8,10,13,15H,3-6,9,11,18H2,1-2H3. The van der Waals surface area contributed by atoms with Gasteiger partial charge in [0.1, 0.15) is 0 Å². The molecule has 1 aliphatic rings. The molecule has 1 aromatic carbocycles. The monoisotopic (exact) mass is 280 g/mol. The van der Waals surface area contributed by atoms with Crippen molar-refractivity contribution >= 4 is 0 Å². The van der Waals surface area contributed by atoms with Crippen LogP contribution in [0.1, 0.15) is 37.7 Å². The molecule has 1 heterocycles. The Kier molecular flexibility index (Phi) is 5.38. The van der Waals surface area contributed by atoms with Gasteiger partial charge in [-0.3, -0.25) is 0 Å². The van der Waals surface area contributed by atoms with Gasteiger partial charge < -0.3 is 15.4 Å². The van der Waals surface area contributed by atoms with E-state index in [4.69, 9.17) is 10.5 Å². The minimum Gasteiger partial charge on any atom is -0.494 e. The topological polar surface area (TPSA) is 38.5 Å². The SMILES string of the molecule is CCN1CCCCC1C(CN)c1ccc(OC)c(F)c1. The number of nitrogens with two attached hydrogens (primary N) is 1. The summed E-state index contributed by atoms with van der Waals surface area (Å²) in [7, 11) is 1.48. The molecule has 0 amide bonds. The lowest BCUT2D eigenvalue weighted by Crippen LogP contribution is -2.45. The van der Waals surface area contributed by atoms with Crippen LogP contribution in [0.5, 0.6) is 5.75 Å². The molecule has 0 aromatic heterocycles. The fourth-order valence-corrected chi connectivity index (χ4v) is 3.29. The Morgan fingerprint density at radius 3 is 2.85 bits per heavy atom. The van der Waals surface area contributed by atoms with Gasteiger partial charge >= 0.3 is 0 Å². The highest BCUT2D eigenvalue weighted by atomic mass is 19.1. The second-order valence-electron chi connectivity index (χ2n) is 5.43. The number of nitrogens with zero attached hydrogens (tertiary/aromatic N) is 1. The minimum atomic E-state index is -0.303. The maximum absolute atomic E-state index is 13.9. The third kappa shape index (κ3) is 3.13. The molecule has 20 heavy (non-hydrogen) atoms. The van der Waals surface area contributed by atoms with Gasteiger partial charge in [0, 0.05) is 18.5 Å². The van der Waals surface area contributed by atoms with Gasteiger partial charge in [-0.1, -0.05) is 19.4 Å². The zero-order valence-corrected chi connectivity index (χ0v) is 12.4. The Morgan fingerprint density at radius 2 is 2.25 bits per heavy atom. The average Bonchev–Trinajstić information content (AvgIpc) is 2.49. The summed E-state index contributed by atoms with van der Waals surface area (Å²) in [5.74, 6) is 0.179. The summed E-state index contributed by atoms with van der Waals surface area (Å²) in [6, 6.07) is 5.65. The van der Waals surface area contributed by atoms with Crippen LogP contribution in [0.4, 0.5) is 4.39 Å². The second kappa shape index (κ2) is 7.04. The van der Waals surface area contributed by atoms with Gasteiger partial charge in [-0.05, 0) is 43.6 Å². The summed E-state index contributed by atoms with van der Waals surface area (Å²) < 4.78 is 18.9. The molecule has 0 radical (unpaired) electrons. The van der Waals surface area contributed by atoms with Crippen LogP contribution in [0.15, 0.2) is 18.2 Å². The first-order chi connectivity index (χ1) is 9.71. The number of halogens is 1. The van der Waals surface area contributed by atoms with Crippen LogP contribution in [-0.4, -0.2) is 37.7 Å². The number of rotatable bonds is 5. The smallest absolute Gasteiger partial charge is 0.165 e. The molecule has 0 saturated carbocycles. The van der Waals surface area contributed by atoms with Gasteiger partial charge in [0.05, 0.1) is 7.11 Å². The lowest BCUT2D eigenvalue weighted by Gasteiger charge is -2.39. The van der Waals surface area contributed by atoms with Crippen molar-refractivity contribution < 1.29 is 9.13 Å². The Morgan fingerprint density at radius 1 is 1.45 bits per heavy atom. The van der Waals surface area contributed by atoms with Crippen LogP contribution in [0.25, 0.3) is 0 Å². The number of benzene rings is 1. The Hall–Kier alpha value is -1.13. The number of hydrogen-bond donors (Lipinski definition) is 1. The van der Waals surface area contributed by atoms with Gasteiger partial charge in [0.2, 0.25) is 0 Å². The molecule has 1 aliphatic heterocycles. The summed E-state index contributed by atoms with van der Waals surface area (Å²) >= 11 is 0. The van der Waals surface area contributed by atoms with E-state index in [1.165, 1.54) is 20.0 Å². The molecule has 0 aliphatic carbocycles. The van der Waals surface area contributed by atoms with Crippen LogP contribution in [0.3, 0.4) is 0 Å². The first-order valence-corrected chi connectivity index (χ1v) is 7.48. The predicted molar refractivity (Wildman–Crippen MR) is 79.6 cm³/mol. The third-order valence-electron chi connectivity index (χ3n) is 4.39. The largest absolute Gasteiger partial charge is 0.494 e. The van der Waals surface area contributed by atoms with Gasteiger partial charge in [0.15, 0.2) is 11.6 Å². The summed E-state index contributed by atoms with van der Waals surface area (Å²) in [4.78, 5) is 2.48. The fraction of sp³-hybridized carbons (Fsp3) is 0.625. The van der Waals surface area contributed by atoms with E-state index in [1.807, 2.05) is 6.07 Å². The van der Waals surface area contributed by atoms with Crippen molar-refractivity contribution in [3.05, 3.63) is 29.6 Å². The molecule has 2 atom stereocenters. The van der Waals surface area contributed by atoms with Crippen LogP contribution >= 0.6 is 0 Å². The maximum atomic E-state index is 13.9. The van der Waals surface area contributed by atoms with E-state index >= 15 is 0 Å². The average molecular weight is 280 g/mol. The number of likely N-dealkylation sites (N-methyl/N-ethyl adjacent to an activating group) is 1. The van der Waals surface area contributed by atoms with E-state index in [1.54, 1.807) is 12.1 Å². The van der Waals surface area contributed by atoms with Crippen molar-refractivity contribution in [3.8, 4) is 5.75 Å². The van der Waals surface area contributed by atoms with Crippen molar-refractivity contribution in [2.75, 3.05) is 26.7 Å². The van der Waals surface area contributed by atoms with E-state index in [2.05, 4.69) is 11.8 Å². The van der Waals surface area contributed by atoms with Crippen LogP contribution in [-0.2, 0) is 0 Å². The van der Waals surface area contributed by atoms with Crippen LogP contribution in [0, 0.1) is 5.82 Å². The summed E-state index contributed by atoms with van der Waals surface area (Å²) in [5, 5.41) is 0. The Balaban J connectivity index is 2.24. The van der Waals surface area contributed by atoms with Crippen LogP contribution < -0.4 is 10.5 Å². The molecule has 0 bridgehead atoms. The zero-order valence-electron chi connectivity index (χ0n) is 12.4. The molecular formula is C16H25FN2O. The predicted octanol–water partition coefficient (Wildman–Crippen LogP) is 2.75. The highest BCUT2D eigenvalue weighted by molar-refractivity contribution is 5.32. The van der Waals surface area contributed by atoms with Crippen molar-refractivity contribution in [3.63, 3.8) is 0 Å². The van der Waals surface area contributed by atoms with E-state index in [0.717, 1.165) is 25.1 Å². The number of likely N-dealkylation sites (tertiary alicyclic amines) is 1. The molecule has 1 fully saturated rings. The highest BCUT2D eigenvalue weighted by Gasteiger charge is 2.29. The molecule has 4 heteroatoms. The number of methoxy groups -OCH3 is 1. The van der Waals surface area contributed by atoms with E-state index < -0.39 is 0 Å². The molecule has 2 N–H and O–H groups in total. The lowest BCUT2D eigenvalue weighted by atomic mass is 9.85. The molecule has 0 spiro atoms. The first-order valence-electron chi connectivity index (χ1n) is 7.48. The molecule has 112 valence electrons. The Labute approximate surface area is 120 Å². The highest BCUT2D eigenvalue weighted by Crippen LogP contribution is 2.31. The summed E-state index contributed by atoms with van der Waals surface area (Å²) in [6.07, 6.45) is 3.62. The third-order valence-corrected chi connectivity index (χ3v) is 4.39. The van der Waals surface area contributed by atoms with Crippen molar-refractivity contribution in [1.29, 1.82) is 0 Å². The van der Waals surface area contributed by atoms with Gasteiger partial charge in [-0.25, -0.2) is 4.39 Å². The summed E-state index contributed by atoms with van der Waals surface area (Å²) in [6.45, 7) is 4.88. The molecule has 3 nitrogen and oxygen atoms in total. The van der Waals surface area contributed by atoms with E-state index in [-0.39, 0.29) is 11.7 Å².